The van der Waals surface area contributed by atoms with E-state index in [1.165, 1.54) is 6.92 Å². The second-order valence-electron chi connectivity index (χ2n) is 7.89. The van der Waals surface area contributed by atoms with Crippen LogP contribution in [-0.4, -0.2) is 104 Å². The molecule has 0 amide bonds. The summed E-state index contributed by atoms with van der Waals surface area (Å²) in [6.07, 6.45) is -14.3. The van der Waals surface area contributed by atoms with Crippen molar-refractivity contribution in [1.29, 1.82) is 0 Å². The number of hydrogen-bond donors (Lipinski definition) is 7. The lowest BCUT2D eigenvalue weighted by Gasteiger charge is -2.42. The summed E-state index contributed by atoms with van der Waals surface area (Å²) in [5.74, 6) is 0.300. The number of aliphatic hydroxyl groups excluding tert-OH is 7. The van der Waals surface area contributed by atoms with Gasteiger partial charge in [-0.3, -0.25) is 0 Å². The second kappa shape index (κ2) is 10.0. The van der Waals surface area contributed by atoms with Crippen LogP contribution in [0, 0.1) is 0 Å². The molecule has 2 fully saturated rings. The van der Waals surface area contributed by atoms with Crippen LogP contribution in [-0.2, 0) is 14.2 Å². The van der Waals surface area contributed by atoms with Gasteiger partial charge >= 0.3 is 0 Å². The third-order valence-electron chi connectivity index (χ3n) is 5.52. The Morgan fingerprint density at radius 2 is 1.39 bits per heavy atom. The Morgan fingerprint density at radius 1 is 0.806 bits per heavy atom. The molecule has 0 unspecified atom stereocenters. The standard InChI is InChI=1S/C20H30O11/c1-8(21)10-3-5-11(6-4-10)30-20-18(27)16(25)14(23)12(31-20)7-28-19-17(26)15(24)13(22)9(2)29-19/h3-6,8-9,12-27H,7H2,1-2H3/t8-,9-,12+,13-,14+,15+,16-,17+,18-,19+,20+/m0/s1. The first-order chi connectivity index (χ1) is 14.6. The molecule has 0 radical (unpaired) electrons. The van der Waals surface area contributed by atoms with Gasteiger partial charge in [-0.05, 0) is 31.5 Å². The molecule has 2 aliphatic heterocycles. The number of benzene rings is 1. The summed E-state index contributed by atoms with van der Waals surface area (Å²) < 4.78 is 21.9. The first-order valence-corrected chi connectivity index (χ1v) is 10.1. The highest BCUT2D eigenvalue weighted by Crippen LogP contribution is 2.27. The summed E-state index contributed by atoms with van der Waals surface area (Å²) in [6.45, 7) is 2.73. The maximum absolute atomic E-state index is 10.2. The van der Waals surface area contributed by atoms with Gasteiger partial charge < -0.3 is 54.7 Å². The van der Waals surface area contributed by atoms with Gasteiger partial charge in [-0.1, -0.05) is 12.1 Å². The molecular weight excluding hydrogens is 416 g/mol. The summed E-state index contributed by atoms with van der Waals surface area (Å²) in [6, 6.07) is 6.37. The Kier molecular flexibility index (Phi) is 7.86. The molecule has 11 atom stereocenters. The first kappa shape index (κ1) is 24.3. The van der Waals surface area contributed by atoms with Gasteiger partial charge in [-0.15, -0.1) is 0 Å². The van der Waals surface area contributed by atoms with E-state index in [0.717, 1.165) is 0 Å². The minimum atomic E-state index is -1.60. The van der Waals surface area contributed by atoms with E-state index in [-0.39, 0.29) is 6.61 Å². The van der Waals surface area contributed by atoms with Crippen LogP contribution < -0.4 is 4.74 Å². The van der Waals surface area contributed by atoms with E-state index in [0.29, 0.717) is 11.3 Å². The van der Waals surface area contributed by atoms with Crippen molar-refractivity contribution in [1.82, 2.24) is 0 Å². The molecule has 2 heterocycles. The largest absolute Gasteiger partial charge is 0.462 e. The molecule has 2 aliphatic rings. The predicted octanol–water partition coefficient (Wildman–Crippen LogP) is -2.23. The number of rotatable bonds is 6. The van der Waals surface area contributed by atoms with E-state index in [2.05, 4.69) is 0 Å². The van der Waals surface area contributed by atoms with Gasteiger partial charge in [0.1, 0.15) is 48.5 Å². The average molecular weight is 446 g/mol. The number of hydrogen-bond acceptors (Lipinski definition) is 11. The molecule has 0 aromatic heterocycles. The molecule has 0 spiro atoms. The minimum absolute atomic E-state index is 0.300. The summed E-state index contributed by atoms with van der Waals surface area (Å²) in [5, 5.41) is 69.8. The zero-order valence-corrected chi connectivity index (χ0v) is 17.1. The fourth-order valence-corrected chi connectivity index (χ4v) is 3.45. The first-order valence-electron chi connectivity index (χ1n) is 10.1. The van der Waals surface area contributed by atoms with Gasteiger partial charge in [-0.2, -0.15) is 0 Å². The van der Waals surface area contributed by atoms with E-state index >= 15 is 0 Å². The van der Waals surface area contributed by atoms with Crippen molar-refractivity contribution >= 4 is 0 Å². The van der Waals surface area contributed by atoms with E-state index < -0.39 is 67.5 Å². The van der Waals surface area contributed by atoms with Crippen LogP contribution >= 0.6 is 0 Å². The van der Waals surface area contributed by atoms with Crippen molar-refractivity contribution in [2.75, 3.05) is 6.61 Å². The fourth-order valence-electron chi connectivity index (χ4n) is 3.45. The third-order valence-corrected chi connectivity index (χ3v) is 5.52. The zero-order valence-electron chi connectivity index (χ0n) is 17.1. The molecule has 31 heavy (non-hydrogen) atoms. The highest BCUT2D eigenvalue weighted by molar-refractivity contribution is 5.28. The fraction of sp³-hybridized carbons (Fsp3) is 0.700. The van der Waals surface area contributed by atoms with Crippen LogP contribution in [0.5, 0.6) is 5.75 Å². The van der Waals surface area contributed by atoms with Crippen molar-refractivity contribution in [3.05, 3.63) is 29.8 Å². The van der Waals surface area contributed by atoms with Crippen molar-refractivity contribution in [2.24, 2.45) is 0 Å². The van der Waals surface area contributed by atoms with Gasteiger partial charge in [0.05, 0.1) is 18.8 Å². The highest BCUT2D eigenvalue weighted by atomic mass is 16.7. The second-order valence-corrected chi connectivity index (χ2v) is 7.89. The summed E-state index contributed by atoms with van der Waals surface area (Å²) >= 11 is 0. The molecule has 1 aromatic carbocycles. The van der Waals surface area contributed by atoms with E-state index in [1.807, 2.05) is 0 Å². The van der Waals surface area contributed by atoms with Crippen LogP contribution in [0.25, 0.3) is 0 Å². The number of aliphatic hydroxyl groups is 7. The van der Waals surface area contributed by atoms with Crippen molar-refractivity contribution in [2.45, 2.75) is 81.4 Å². The molecule has 2 saturated heterocycles. The summed E-state index contributed by atoms with van der Waals surface area (Å²) in [7, 11) is 0. The quantitative estimate of drug-likeness (QED) is 0.251. The molecule has 176 valence electrons. The molecule has 11 heteroatoms. The smallest absolute Gasteiger partial charge is 0.229 e. The molecule has 1 aromatic rings. The molecule has 11 nitrogen and oxygen atoms in total. The lowest BCUT2D eigenvalue weighted by molar-refractivity contribution is -0.318. The Balaban J connectivity index is 1.63. The Morgan fingerprint density at radius 3 is 2.00 bits per heavy atom. The van der Waals surface area contributed by atoms with Crippen LogP contribution in [0.3, 0.4) is 0 Å². The van der Waals surface area contributed by atoms with Gasteiger partial charge in [0.25, 0.3) is 0 Å². The van der Waals surface area contributed by atoms with Crippen molar-refractivity contribution in [3.63, 3.8) is 0 Å². The van der Waals surface area contributed by atoms with E-state index in [4.69, 9.17) is 18.9 Å². The molecule has 0 aliphatic carbocycles. The van der Waals surface area contributed by atoms with E-state index in [9.17, 15) is 35.7 Å². The predicted molar refractivity (Wildman–Crippen MR) is 103 cm³/mol. The molecule has 3 rings (SSSR count). The molecule has 0 saturated carbocycles. The van der Waals surface area contributed by atoms with Gasteiger partial charge in [-0.25, -0.2) is 0 Å². The maximum Gasteiger partial charge on any atom is 0.229 e. The van der Waals surface area contributed by atoms with Gasteiger partial charge in [0, 0.05) is 0 Å². The highest BCUT2D eigenvalue weighted by Gasteiger charge is 2.47. The zero-order chi connectivity index (χ0) is 22.9. The topological polar surface area (TPSA) is 179 Å². The van der Waals surface area contributed by atoms with Crippen molar-refractivity contribution < 1.29 is 54.7 Å². The lowest BCUT2D eigenvalue weighted by Crippen LogP contribution is -2.61. The average Bonchev–Trinajstić information content (AvgIpc) is 2.75. The SMILES string of the molecule is C[C@H](O)c1ccc(O[C@@H]2O[C@H](CO[C@@H]3O[C@@H](C)[C@H](O)[C@@H](O)[C@H]3O)[C@@H](O)[C@H](O)[C@@H]2O)cc1. The van der Waals surface area contributed by atoms with Crippen LogP contribution in [0.2, 0.25) is 0 Å². The van der Waals surface area contributed by atoms with Crippen molar-refractivity contribution in [3.8, 4) is 5.75 Å². The Labute approximate surface area is 179 Å². The van der Waals surface area contributed by atoms with E-state index in [1.54, 1.807) is 31.2 Å². The molecular formula is C20H30O11. The Bertz CT molecular complexity index is 699. The normalized spacial score (nSPS) is 42.2. The monoisotopic (exact) mass is 446 g/mol. The van der Waals surface area contributed by atoms with Crippen LogP contribution in [0.15, 0.2) is 24.3 Å². The third kappa shape index (κ3) is 5.34. The summed E-state index contributed by atoms with van der Waals surface area (Å²) in [4.78, 5) is 0. The molecule has 0 bridgehead atoms. The van der Waals surface area contributed by atoms with Crippen LogP contribution in [0.4, 0.5) is 0 Å². The summed E-state index contributed by atoms with van der Waals surface area (Å²) in [5.41, 5.74) is 0.659. The number of ether oxygens (including phenoxy) is 4. The van der Waals surface area contributed by atoms with Gasteiger partial charge in [0.15, 0.2) is 6.29 Å². The maximum atomic E-state index is 10.2. The minimum Gasteiger partial charge on any atom is -0.462 e. The van der Waals surface area contributed by atoms with Gasteiger partial charge in [0.2, 0.25) is 6.29 Å². The molecule has 7 N–H and O–H groups in total. The Hall–Kier alpha value is -1.38. The van der Waals surface area contributed by atoms with Crippen LogP contribution in [0.1, 0.15) is 25.5 Å². The lowest BCUT2D eigenvalue weighted by atomic mass is 9.98.